The molecule has 0 aromatic heterocycles. The van der Waals surface area contributed by atoms with E-state index in [2.05, 4.69) is 10.6 Å². The van der Waals surface area contributed by atoms with Crippen molar-refractivity contribution in [2.75, 3.05) is 37.7 Å². The highest BCUT2D eigenvalue weighted by atomic mass is 32.2. The number of carbonyl (C=O) groups is 1. The Labute approximate surface area is 153 Å². The van der Waals surface area contributed by atoms with E-state index in [1.165, 1.54) is 12.1 Å². The van der Waals surface area contributed by atoms with Crippen LogP contribution in [0.1, 0.15) is 5.56 Å². The lowest BCUT2D eigenvalue weighted by molar-refractivity contribution is -0.114. The second-order valence-corrected chi connectivity index (χ2v) is 7.74. The number of amides is 1. The third kappa shape index (κ3) is 4.89. The molecule has 0 aliphatic carbocycles. The number of benzene rings is 2. The van der Waals surface area contributed by atoms with Gasteiger partial charge in [-0.2, -0.15) is 0 Å². The molecule has 8 heteroatoms. The van der Waals surface area contributed by atoms with Crippen LogP contribution in [0.4, 0.5) is 11.4 Å². The Kier molecular flexibility index (Phi) is 6.10. The van der Waals surface area contributed by atoms with Gasteiger partial charge in [0.1, 0.15) is 0 Å². The van der Waals surface area contributed by atoms with Crippen LogP contribution in [0.5, 0.6) is 11.5 Å². The summed E-state index contributed by atoms with van der Waals surface area (Å²) in [4.78, 5) is 12.3. The van der Waals surface area contributed by atoms with Crippen LogP contribution in [0.3, 0.4) is 0 Å². The van der Waals surface area contributed by atoms with Gasteiger partial charge in [0.25, 0.3) is 0 Å². The second-order valence-electron chi connectivity index (χ2n) is 5.72. The van der Waals surface area contributed by atoms with Crippen LogP contribution in [-0.2, 0) is 14.6 Å². The van der Waals surface area contributed by atoms with Crippen LogP contribution in [0.15, 0.2) is 41.3 Å². The second kappa shape index (κ2) is 8.09. The van der Waals surface area contributed by atoms with Crippen LogP contribution in [-0.4, -0.2) is 41.3 Å². The number of sulfone groups is 1. The van der Waals surface area contributed by atoms with Gasteiger partial charge in [-0.3, -0.25) is 4.79 Å². The van der Waals surface area contributed by atoms with Crippen molar-refractivity contribution in [3.63, 3.8) is 0 Å². The van der Waals surface area contributed by atoms with Gasteiger partial charge in [-0.05, 0) is 36.8 Å². The molecule has 2 aromatic rings. The van der Waals surface area contributed by atoms with Crippen molar-refractivity contribution >= 4 is 27.1 Å². The van der Waals surface area contributed by atoms with E-state index in [-0.39, 0.29) is 17.3 Å². The Morgan fingerprint density at radius 2 is 1.73 bits per heavy atom. The van der Waals surface area contributed by atoms with Crippen LogP contribution in [0.25, 0.3) is 0 Å². The molecule has 26 heavy (non-hydrogen) atoms. The van der Waals surface area contributed by atoms with Gasteiger partial charge in [0.2, 0.25) is 5.91 Å². The van der Waals surface area contributed by atoms with Gasteiger partial charge in [0, 0.05) is 23.7 Å². The predicted octanol–water partition coefficient (Wildman–Crippen LogP) is 2.47. The van der Waals surface area contributed by atoms with E-state index in [4.69, 9.17) is 9.47 Å². The zero-order valence-electron chi connectivity index (χ0n) is 15.1. The van der Waals surface area contributed by atoms with Crippen molar-refractivity contribution in [2.45, 2.75) is 11.8 Å². The number of aryl methyl sites for hydroxylation is 1. The van der Waals surface area contributed by atoms with E-state index in [0.717, 1.165) is 17.5 Å². The molecule has 0 heterocycles. The fourth-order valence-corrected chi connectivity index (χ4v) is 3.02. The maximum absolute atomic E-state index is 12.2. The molecular formula is C18H22N2O5S. The number of hydrogen-bond acceptors (Lipinski definition) is 6. The van der Waals surface area contributed by atoms with Gasteiger partial charge in [-0.1, -0.05) is 6.07 Å². The number of methoxy groups -OCH3 is 2. The third-order valence-electron chi connectivity index (χ3n) is 3.72. The molecule has 2 rings (SSSR count). The summed E-state index contributed by atoms with van der Waals surface area (Å²) in [6, 6.07) is 9.69. The summed E-state index contributed by atoms with van der Waals surface area (Å²) in [7, 11) is -0.231. The Bertz CT molecular complexity index is 910. The van der Waals surface area contributed by atoms with Crippen LogP contribution < -0.4 is 20.1 Å². The van der Waals surface area contributed by atoms with Crippen molar-refractivity contribution in [3.05, 3.63) is 42.0 Å². The molecule has 2 aromatic carbocycles. The summed E-state index contributed by atoms with van der Waals surface area (Å²) in [5.41, 5.74) is 2.06. The summed E-state index contributed by atoms with van der Waals surface area (Å²) in [5, 5.41) is 5.71. The number of hydrogen-bond donors (Lipinski definition) is 2. The van der Waals surface area contributed by atoms with Crippen LogP contribution >= 0.6 is 0 Å². The summed E-state index contributed by atoms with van der Waals surface area (Å²) < 4.78 is 33.7. The minimum atomic E-state index is -3.33. The molecule has 0 fully saturated rings. The molecule has 0 atom stereocenters. The zero-order chi connectivity index (χ0) is 19.3. The molecule has 140 valence electrons. The molecule has 0 radical (unpaired) electrons. The number of carbonyl (C=O) groups excluding carboxylic acids is 1. The summed E-state index contributed by atoms with van der Waals surface area (Å²) in [6.07, 6.45) is 1.12. The SMILES string of the molecule is COc1cc(C)c(NCC(=O)Nc2cccc(S(C)(=O)=O)c2)cc1OC. The Morgan fingerprint density at radius 1 is 1.08 bits per heavy atom. The number of rotatable bonds is 7. The van der Waals surface area contributed by atoms with Crippen molar-refractivity contribution in [1.82, 2.24) is 0 Å². The number of ether oxygens (including phenoxy) is 2. The normalized spacial score (nSPS) is 10.9. The molecule has 0 saturated heterocycles. The average Bonchev–Trinajstić information content (AvgIpc) is 2.59. The Hall–Kier alpha value is -2.74. The summed E-state index contributed by atoms with van der Waals surface area (Å²) in [5.74, 6) is 0.865. The van der Waals surface area contributed by atoms with E-state index in [1.54, 1.807) is 32.4 Å². The Morgan fingerprint density at radius 3 is 2.35 bits per heavy atom. The standard InChI is InChI=1S/C18H22N2O5S/c1-12-8-16(24-2)17(25-3)10-15(12)19-11-18(21)20-13-6-5-7-14(9-13)26(4,22)23/h5-10,19H,11H2,1-4H3,(H,20,21). The minimum Gasteiger partial charge on any atom is -0.493 e. The van der Waals surface area contributed by atoms with Crippen molar-refractivity contribution in [2.24, 2.45) is 0 Å². The number of nitrogens with one attached hydrogen (secondary N) is 2. The maximum atomic E-state index is 12.2. The van der Waals surface area contributed by atoms with E-state index >= 15 is 0 Å². The average molecular weight is 378 g/mol. The van der Waals surface area contributed by atoms with Crippen LogP contribution in [0.2, 0.25) is 0 Å². The third-order valence-corrected chi connectivity index (χ3v) is 4.83. The topological polar surface area (TPSA) is 93.7 Å². The summed E-state index contributed by atoms with van der Waals surface area (Å²) >= 11 is 0. The van der Waals surface area contributed by atoms with Gasteiger partial charge in [0.15, 0.2) is 21.3 Å². The molecule has 1 amide bonds. The Balaban J connectivity index is 2.06. The molecule has 0 bridgehead atoms. The first-order valence-corrected chi connectivity index (χ1v) is 9.70. The van der Waals surface area contributed by atoms with E-state index in [9.17, 15) is 13.2 Å². The van der Waals surface area contributed by atoms with Gasteiger partial charge in [-0.15, -0.1) is 0 Å². The fraction of sp³-hybridized carbons (Fsp3) is 0.278. The molecule has 0 unspecified atom stereocenters. The smallest absolute Gasteiger partial charge is 0.243 e. The lowest BCUT2D eigenvalue weighted by atomic mass is 10.1. The first-order valence-electron chi connectivity index (χ1n) is 7.81. The first-order chi connectivity index (χ1) is 12.2. The number of anilines is 2. The van der Waals surface area contributed by atoms with Crippen LogP contribution in [0, 0.1) is 6.92 Å². The van der Waals surface area contributed by atoms with Crippen molar-refractivity contribution in [3.8, 4) is 11.5 Å². The highest BCUT2D eigenvalue weighted by Gasteiger charge is 2.11. The quantitative estimate of drug-likeness (QED) is 0.769. The molecule has 0 saturated carbocycles. The fourth-order valence-electron chi connectivity index (χ4n) is 2.36. The minimum absolute atomic E-state index is 0.0133. The zero-order valence-corrected chi connectivity index (χ0v) is 15.9. The van der Waals surface area contributed by atoms with Gasteiger partial charge < -0.3 is 20.1 Å². The van der Waals surface area contributed by atoms with E-state index in [0.29, 0.717) is 17.2 Å². The van der Waals surface area contributed by atoms with Crippen molar-refractivity contribution < 1.29 is 22.7 Å². The highest BCUT2D eigenvalue weighted by molar-refractivity contribution is 7.90. The maximum Gasteiger partial charge on any atom is 0.243 e. The molecule has 0 spiro atoms. The molecule has 2 N–H and O–H groups in total. The molecule has 0 aliphatic heterocycles. The van der Waals surface area contributed by atoms with Gasteiger partial charge >= 0.3 is 0 Å². The van der Waals surface area contributed by atoms with Crippen molar-refractivity contribution in [1.29, 1.82) is 0 Å². The van der Waals surface area contributed by atoms with Gasteiger partial charge in [0.05, 0.1) is 25.7 Å². The highest BCUT2D eigenvalue weighted by Crippen LogP contribution is 2.32. The lowest BCUT2D eigenvalue weighted by Crippen LogP contribution is -2.22. The van der Waals surface area contributed by atoms with E-state index in [1.807, 2.05) is 13.0 Å². The largest absolute Gasteiger partial charge is 0.493 e. The molecule has 7 nitrogen and oxygen atoms in total. The van der Waals surface area contributed by atoms with E-state index < -0.39 is 9.84 Å². The molecule has 0 aliphatic rings. The predicted molar refractivity (Wildman–Crippen MR) is 101 cm³/mol. The lowest BCUT2D eigenvalue weighted by Gasteiger charge is -2.14. The molecular weight excluding hydrogens is 356 g/mol. The monoisotopic (exact) mass is 378 g/mol. The summed E-state index contributed by atoms with van der Waals surface area (Å²) in [6.45, 7) is 1.90. The first kappa shape index (κ1) is 19.6. The van der Waals surface area contributed by atoms with Gasteiger partial charge in [-0.25, -0.2) is 8.42 Å².